The minimum atomic E-state index is -0.266. The molecular weight excluding hydrogens is 220 g/mol. The summed E-state index contributed by atoms with van der Waals surface area (Å²) in [6, 6.07) is 0. The quantitative estimate of drug-likeness (QED) is 0.759. The number of nitrogens with two attached hydrogens (primary N) is 1. The first-order valence-electron chi connectivity index (χ1n) is 5.65. The van der Waals surface area contributed by atoms with Crippen LogP contribution >= 0.6 is 0 Å². The summed E-state index contributed by atoms with van der Waals surface area (Å²) in [5.41, 5.74) is 6.53. The third kappa shape index (κ3) is 2.46. The van der Waals surface area contributed by atoms with Crippen molar-refractivity contribution in [3.8, 4) is 0 Å². The molecule has 1 aliphatic heterocycles. The Morgan fingerprint density at radius 2 is 2.47 bits per heavy atom. The number of aromatic amines is 1. The highest BCUT2D eigenvalue weighted by Gasteiger charge is 2.25. The fourth-order valence-corrected chi connectivity index (χ4v) is 2.27. The molecule has 6 nitrogen and oxygen atoms in total. The number of hydrogen-bond donors (Lipinski definition) is 2. The van der Waals surface area contributed by atoms with Gasteiger partial charge in [0.15, 0.2) is 0 Å². The fourth-order valence-electron chi connectivity index (χ4n) is 2.27. The number of rotatable bonds is 3. The van der Waals surface area contributed by atoms with Crippen LogP contribution in [0.5, 0.6) is 0 Å². The zero-order valence-electron chi connectivity index (χ0n) is 9.77. The molecule has 6 heteroatoms. The van der Waals surface area contributed by atoms with E-state index in [9.17, 15) is 9.59 Å². The van der Waals surface area contributed by atoms with Gasteiger partial charge in [-0.1, -0.05) is 0 Å². The Hall–Kier alpha value is -1.85. The summed E-state index contributed by atoms with van der Waals surface area (Å²) in [5, 5.41) is 6.21. The molecular formula is C11H16N4O2. The van der Waals surface area contributed by atoms with E-state index in [0.717, 1.165) is 25.2 Å². The molecule has 92 valence electrons. The van der Waals surface area contributed by atoms with Crippen molar-refractivity contribution in [1.82, 2.24) is 10.2 Å². The Kier molecular flexibility index (Phi) is 3.12. The van der Waals surface area contributed by atoms with Crippen LogP contribution in [0.3, 0.4) is 0 Å². The number of anilines is 1. The average Bonchev–Trinajstić information content (AvgIpc) is 2.69. The molecule has 0 saturated carbocycles. The van der Waals surface area contributed by atoms with E-state index in [0.29, 0.717) is 12.0 Å². The van der Waals surface area contributed by atoms with Gasteiger partial charge in [-0.05, 0) is 19.3 Å². The Bertz CT molecular complexity index is 483. The highest BCUT2D eigenvalue weighted by Crippen LogP contribution is 2.25. The number of H-pyrrole nitrogens is 1. The topological polar surface area (TPSA) is 92.1 Å². The molecule has 0 aromatic carbocycles. The third-order valence-electron chi connectivity index (χ3n) is 3.19. The molecule has 17 heavy (non-hydrogen) atoms. The van der Waals surface area contributed by atoms with Crippen LogP contribution in [-0.4, -0.2) is 29.2 Å². The van der Waals surface area contributed by atoms with Crippen molar-refractivity contribution < 1.29 is 4.79 Å². The van der Waals surface area contributed by atoms with Crippen LogP contribution in [0.15, 0.2) is 11.0 Å². The SMILES string of the molecule is Cc1c(N2CCC(CC(N)=O)C2)cn[nH]c1=O. The van der Waals surface area contributed by atoms with Crippen molar-refractivity contribution in [2.45, 2.75) is 19.8 Å². The predicted octanol–water partition coefficient (Wildman–Crippen LogP) is -0.220. The second kappa shape index (κ2) is 4.57. The van der Waals surface area contributed by atoms with Gasteiger partial charge in [0.25, 0.3) is 5.56 Å². The van der Waals surface area contributed by atoms with Gasteiger partial charge in [-0.25, -0.2) is 5.10 Å². The van der Waals surface area contributed by atoms with E-state index in [1.54, 1.807) is 13.1 Å². The first-order chi connectivity index (χ1) is 8.08. The molecule has 1 fully saturated rings. The van der Waals surface area contributed by atoms with Crippen molar-refractivity contribution in [2.24, 2.45) is 11.7 Å². The molecule has 2 heterocycles. The molecule has 0 bridgehead atoms. The van der Waals surface area contributed by atoms with E-state index in [1.807, 2.05) is 0 Å². The van der Waals surface area contributed by atoms with Crippen LogP contribution in [-0.2, 0) is 4.79 Å². The second-order valence-electron chi connectivity index (χ2n) is 4.48. The van der Waals surface area contributed by atoms with Gasteiger partial charge in [0.2, 0.25) is 5.91 Å². The minimum absolute atomic E-state index is 0.166. The van der Waals surface area contributed by atoms with Gasteiger partial charge in [-0.2, -0.15) is 5.10 Å². The molecule has 1 atom stereocenters. The third-order valence-corrected chi connectivity index (χ3v) is 3.19. The summed E-state index contributed by atoms with van der Waals surface area (Å²) < 4.78 is 0. The Labute approximate surface area is 98.8 Å². The molecule has 1 aromatic heterocycles. The molecule has 1 aromatic rings. The van der Waals surface area contributed by atoms with E-state index >= 15 is 0 Å². The van der Waals surface area contributed by atoms with Crippen molar-refractivity contribution in [2.75, 3.05) is 18.0 Å². The molecule has 2 rings (SSSR count). The Morgan fingerprint density at radius 1 is 1.71 bits per heavy atom. The van der Waals surface area contributed by atoms with Crippen molar-refractivity contribution in [3.05, 3.63) is 22.1 Å². The summed E-state index contributed by atoms with van der Waals surface area (Å²) in [6.45, 7) is 3.37. The van der Waals surface area contributed by atoms with E-state index in [-0.39, 0.29) is 17.4 Å². The molecule has 0 aliphatic carbocycles. The van der Waals surface area contributed by atoms with Crippen LogP contribution in [0.2, 0.25) is 0 Å². The first-order valence-corrected chi connectivity index (χ1v) is 5.65. The highest BCUT2D eigenvalue weighted by atomic mass is 16.1. The largest absolute Gasteiger partial charge is 0.370 e. The molecule has 3 N–H and O–H groups in total. The molecule has 0 radical (unpaired) electrons. The lowest BCUT2D eigenvalue weighted by atomic mass is 10.1. The van der Waals surface area contributed by atoms with Crippen LogP contribution in [0, 0.1) is 12.8 Å². The number of aromatic nitrogens is 2. The van der Waals surface area contributed by atoms with Gasteiger partial charge in [0.05, 0.1) is 11.9 Å². The lowest BCUT2D eigenvalue weighted by molar-refractivity contribution is -0.118. The predicted molar refractivity (Wildman–Crippen MR) is 63.7 cm³/mol. The average molecular weight is 236 g/mol. The van der Waals surface area contributed by atoms with Gasteiger partial charge < -0.3 is 10.6 Å². The number of amides is 1. The summed E-state index contributed by atoms with van der Waals surface area (Å²) >= 11 is 0. The standard InChI is InChI=1S/C11H16N4O2/c1-7-9(5-13-14-11(7)17)15-3-2-8(6-15)4-10(12)16/h5,8H,2-4,6H2,1H3,(H2,12,16)(H,14,17). The summed E-state index contributed by atoms with van der Waals surface area (Å²) in [5.74, 6) is 0.0174. The Balaban J connectivity index is 2.12. The van der Waals surface area contributed by atoms with Crippen molar-refractivity contribution in [1.29, 1.82) is 0 Å². The number of carbonyl (C=O) groups is 1. The molecule has 1 unspecified atom stereocenters. The molecule has 1 amide bonds. The van der Waals surface area contributed by atoms with Crippen LogP contribution in [0.1, 0.15) is 18.4 Å². The normalized spacial score (nSPS) is 19.6. The van der Waals surface area contributed by atoms with Gasteiger partial charge in [-0.3, -0.25) is 9.59 Å². The van der Waals surface area contributed by atoms with Gasteiger partial charge in [0.1, 0.15) is 0 Å². The maximum absolute atomic E-state index is 11.4. The summed E-state index contributed by atoms with van der Waals surface area (Å²) in [7, 11) is 0. The van der Waals surface area contributed by atoms with Crippen molar-refractivity contribution in [3.63, 3.8) is 0 Å². The number of carbonyl (C=O) groups excluding carboxylic acids is 1. The fraction of sp³-hybridized carbons (Fsp3) is 0.545. The highest BCUT2D eigenvalue weighted by molar-refractivity contribution is 5.74. The van der Waals surface area contributed by atoms with Crippen LogP contribution < -0.4 is 16.2 Å². The lowest BCUT2D eigenvalue weighted by Gasteiger charge is -2.19. The summed E-state index contributed by atoms with van der Waals surface area (Å²) in [6.07, 6.45) is 2.99. The second-order valence-corrected chi connectivity index (χ2v) is 4.48. The number of primary amides is 1. The lowest BCUT2D eigenvalue weighted by Crippen LogP contribution is -2.25. The van der Waals surface area contributed by atoms with E-state index in [1.165, 1.54) is 0 Å². The van der Waals surface area contributed by atoms with E-state index in [4.69, 9.17) is 5.73 Å². The molecule has 1 saturated heterocycles. The van der Waals surface area contributed by atoms with Gasteiger partial charge >= 0.3 is 0 Å². The zero-order chi connectivity index (χ0) is 12.4. The smallest absolute Gasteiger partial charge is 0.269 e. The van der Waals surface area contributed by atoms with Crippen molar-refractivity contribution >= 4 is 11.6 Å². The maximum Gasteiger partial charge on any atom is 0.269 e. The Morgan fingerprint density at radius 3 is 3.18 bits per heavy atom. The van der Waals surface area contributed by atoms with Gasteiger partial charge in [0, 0.05) is 25.1 Å². The molecule has 1 aliphatic rings. The number of hydrogen-bond acceptors (Lipinski definition) is 4. The zero-order valence-corrected chi connectivity index (χ0v) is 9.77. The maximum atomic E-state index is 11.4. The summed E-state index contributed by atoms with van der Waals surface area (Å²) in [4.78, 5) is 24.4. The van der Waals surface area contributed by atoms with Gasteiger partial charge in [-0.15, -0.1) is 0 Å². The number of nitrogens with one attached hydrogen (secondary N) is 1. The minimum Gasteiger partial charge on any atom is -0.370 e. The van der Waals surface area contributed by atoms with E-state index in [2.05, 4.69) is 15.1 Å². The van der Waals surface area contributed by atoms with Crippen LogP contribution in [0.25, 0.3) is 0 Å². The van der Waals surface area contributed by atoms with E-state index < -0.39 is 0 Å². The molecule has 0 spiro atoms. The van der Waals surface area contributed by atoms with Crippen LogP contribution in [0.4, 0.5) is 5.69 Å². The number of nitrogens with zero attached hydrogens (tertiary/aromatic N) is 2. The first kappa shape index (κ1) is 11.6. The monoisotopic (exact) mass is 236 g/mol.